The number of ether oxygens (including phenoxy) is 2. The third kappa shape index (κ3) is 5.51. The molecule has 0 unspecified atom stereocenters. The fourth-order valence-electron chi connectivity index (χ4n) is 2.74. The van der Waals surface area contributed by atoms with Crippen molar-refractivity contribution in [2.24, 2.45) is 0 Å². The van der Waals surface area contributed by atoms with Gasteiger partial charge < -0.3 is 9.47 Å². The summed E-state index contributed by atoms with van der Waals surface area (Å²) in [5, 5.41) is 0. The molecule has 5 heteroatoms. The van der Waals surface area contributed by atoms with E-state index in [0.29, 0.717) is 5.56 Å². The van der Waals surface area contributed by atoms with Crippen LogP contribution in [0.1, 0.15) is 46.0 Å². The van der Waals surface area contributed by atoms with Crippen LogP contribution in [-0.4, -0.2) is 11.9 Å². The molecule has 0 N–H and O–H groups in total. The lowest BCUT2D eigenvalue weighted by atomic mass is 10.1. The van der Waals surface area contributed by atoms with Crippen LogP contribution < -0.4 is 9.47 Å². The van der Waals surface area contributed by atoms with Crippen LogP contribution in [0.4, 0.5) is 4.39 Å². The highest BCUT2D eigenvalue weighted by Gasteiger charge is 2.16. The molecule has 148 valence electrons. The molecule has 0 saturated carbocycles. The molecule has 29 heavy (non-hydrogen) atoms. The Hall–Kier alpha value is -3.47. The molecular weight excluding hydrogens is 371 g/mol. The molecule has 0 atom stereocenters. The van der Waals surface area contributed by atoms with E-state index in [2.05, 4.69) is 6.92 Å². The molecule has 0 heterocycles. The zero-order valence-electron chi connectivity index (χ0n) is 16.1. The highest BCUT2D eigenvalue weighted by atomic mass is 19.1. The standard InChI is InChI=1S/C24H21FO4/c1-2-3-7-17-12-14-18(15-13-17)23(26)28-21-10-4-5-11-22(21)29-24(27)19-8-6-9-20(25)16-19/h4-6,8-16H,2-3,7H2,1H3. The van der Waals surface area contributed by atoms with Crippen LogP contribution in [0, 0.1) is 5.82 Å². The smallest absolute Gasteiger partial charge is 0.343 e. The third-order valence-corrected chi connectivity index (χ3v) is 4.32. The molecule has 0 spiro atoms. The van der Waals surface area contributed by atoms with Crippen LogP contribution in [0.15, 0.2) is 72.8 Å². The van der Waals surface area contributed by atoms with Crippen molar-refractivity contribution in [3.8, 4) is 11.5 Å². The Morgan fingerprint density at radius 3 is 2.00 bits per heavy atom. The number of para-hydroxylation sites is 2. The number of hydrogen-bond acceptors (Lipinski definition) is 4. The first-order chi connectivity index (χ1) is 14.1. The van der Waals surface area contributed by atoms with E-state index >= 15 is 0 Å². The minimum absolute atomic E-state index is 0.0637. The molecule has 3 rings (SSSR count). The predicted molar refractivity (Wildman–Crippen MR) is 108 cm³/mol. The predicted octanol–water partition coefficient (Wildman–Crippen LogP) is 5.61. The molecule has 0 amide bonds. The first-order valence-electron chi connectivity index (χ1n) is 9.44. The topological polar surface area (TPSA) is 52.6 Å². The molecule has 0 bridgehead atoms. The second-order valence-corrected chi connectivity index (χ2v) is 6.54. The Balaban J connectivity index is 1.71. The molecule has 4 nitrogen and oxygen atoms in total. The number of hydrogen-bond donors (Lipinski definition) is 0. The van der Waals surface area contributed by atoms with Crippen LogP contribution in [0.25, 0.3) is 0 Å². The summed E-state index contributed by atoms with van der Waals surface area (Å²) in [5.41, 5.74) is 1.62. The van der Waals surface area contributed by atoms with E-state index in [-0.39, 0.29) is 17.1 Å². The Bertz CT molecular complexity index is 996. The lowest BCUT2D eigenvalue weighted by molar-refractivity contribution is 0.0682. The summed E-state index contributed by atoms with van der Waals surface area (Å²) < 4.78 is 24.1. The maximum atomic E-state index is 13.3. The monoisotopic (exact) mass is 392 g/mol. The van der Waals surface area contributed by atoms with Gasteiger partial charge in [0.05, 0.1) is 11.1 Å². The molecule has 0 aliphatic carbocycles. The maximum Gasteiger partial charge on any atom is 0.343 e. The Labute approximate surface area is 168 Å². The zero-order valence-corrected chi connectivity index (χ0v) is 16.1. The number of rotatable bonds is 7. The van der Waals surface area contributed by atoms with Crippen molar-refractivity contribution in [3.05, 3.63) is 95.3 Å². The molecule has 0 aliphatic heterocycles. The second kappa shape index (κ2) is 9.64. The average molecular weight is 392 g/mol. The molecule has 0 aromatic heterocycles. The van der Waals surface area contributed by atoms with Gasteiger partial charge in [0.25, 0.3) is 0 Å². The van der Waals surface area contributed by atoms with Crippen LogP contribution in [0.2, 0.25) is 0 Å². The fraction of sp³-hybridized carbons (Fsp3) is 0.167. The Kier molecular flexibility index (Phi) is 6.74. The van der Waals surface area contributed by atoms with Crippen molar-refractivity contribution in [1.82, 2.24) is 0 Å². The van der Waals surface area contributed by atoms with Gasteiger partial charge in [-0.1, -0.05) is 43.7 Å². The van der Waals surface area contributed by atoms with E-state index in [0.717, 1.165) is 30.9 Å². The Morgan fingerprint density at radius 1 is 0.793 bits per heavy atom. The maximum absolute atomic E-state index is 13.3. The zero-order chi connectivity index (χ0) is 20.6. The molecule has 0 radical (unpaired) electrons. The minimum atomic E-state index is -0.742. The first kappa shape index (κ1) is 20.3. The van der Waals surface area contributed by atoms with Gasteiger partial charge in [-0.3, -0.25) is 0 Å². The van der Waals surface area contributed by atoms with Crippen LogP contribution in [0.3, 0.4) is 0 Å². The largest absolute Gasteiger partial charge is 0.419 e. The van der Waals surface area contributed by atoms with Gasteiger partial charge in [-0.05, 0) is 60.9 Å². The molecule has 0 saturated heterocycles. The van der Waals surface area contributed by atoms with E-state index in [4.69, 9.17) is 9.47 Å². The summed E-state index contributed by atoms with van der Waals surface area (Å²) in [6.07, 6.45) is 3.16. The lowest BCUT2D eigenvalue weighted by Gasteiger charge is -2.11. The number of carbonyl (C=O) groups is 2. The van der Waals surface area contributed by atoms with Crippen molar-refractivity contribution in [2.75, 3.05) is 0 Å². The molecule has 3 aromatic rings. The number of unbranched alkanes of at least 4 members (excludes halogenated alkanes) is 1. The van der Waals surface area contributed by atoms with Gasteiger partial charge in [0, 0.05) is 0 Å². The highest BCUT2D eigenvalue weighted by molar-refractivity contribution is 5.93. The van der Waals surface area contributed by atoms with Gasteiger partial charge in [-0.15, -0.1) is 0 Å². The Morgan fingerprint density at radius 2 is 1.41 bits per heavy atom. The van der Waals surface area contributed by atoms with Gasteiger partial charge in [0.1, 0.15) is 5.82 Å². The van der Waals surface area contributed by atoms with Gasteiger partial charge in [0.2, 0.25) is 0 Å². The van der Waals surface area contributed by atoms with Gasteiger partial charge >= 0.3 is 11.9 Å². The van der Waals surface area contributed by atoms with E-state index in [1.165, 1.54) is 30.3 Å². The van der Waals surface area contributed by atoms with Crippen molar-refractivity contribution in [2.45, 2.75) is 26.2 Å². The van der Waals surface area contributed by atoms with Gasteiger partial charge in [-0.2, -0.15) is 0 Å². The SMILES string of the molecule is CCCCc1ccc(C(=O)Oc2ccccc2OC(=O)c2cccc(F)c2)cc1. The fourth-order valence-corrected chi connectivity index (χ4v) is 2.74. The average Bonchev–Trinajstić information content (AvgIpc) is 2.74. The number of benzene rings is 3. The summed E-state index contributed by atoms with van der Waals surface area (Å²) in [5.74, 6) is -1.65. The second-order valence-electron chi connectivity index (χ2n) is 6.54. The molecule has 3 aromatic carbocycles. The van der Waals surface area contributed by atoms with E-state index < -0.39 is 17.8 Å². The van der Waals surface area contributed by atoms with Crippen molar-refractivity contribution >= 4 is 11.9 Å². The first-order valence-corrected chi connectivity index (χ1v) is 9.44. The number of aryl methyl sites for hydroxylation is 1. The van der Waals surface area contributed by atoms with E-state index in [1.807, 2.05) is 12.1 Å². The number of esters is 2. The minimum Gasteiger partial charge on any atom is -0.419 e. The lowest BCUT2D eigenvalue weighted by Crippen LogP contribution is -2.12. The van der Waals surface area contributed by atoms with E-state index in [9.17, 15) is 14.0 Å². The van der Waals surface area contributed by atoms with Crippen molar-refractivity contribution in [1.29, 1.82) is 0 Å². The number of halogens is 1. The van der Waals surface area contributed by atoms with Crippen molar-refractivity contribution in [3.63, 3.8) is 0 Å². The third-order valence-electron chi connectivity index (χ3n) is 4.32. The van der Waals surface area contributed by atoms with Crippen LogP contribution in [-0.2, 0) is 6.42 Å². The quantitative estimate of drug-likeness (QED) is 0.388. The molecule has 0 fully saturated rings. The summed E-state index contributed by atoms with van der Waals surface area (Å²) in [4.78, 5) is 24.7. The molecular formula is C24H21FO4. The summed E-state index contributed by atoms with van der Waals surface area (Å²) in [6.45, 7) is 2.13. The van der Waals surface area contributed by atoms with Gasteiger partial charge in [-0.25, -0.2) is 14.0 Å². The summed E-state index contributed by atoms with van der Waals surface area (Å²) in [7, 11) is 0. The highest BCUT2D eigenvalue weighted by Crippen LogP contribution is 2.28. The summed E-state index contributed by atoms with van der Waals surface area (Å²) in [6, 6.07) is 18.8. The van der Waals surface area contributed by atoms with Crippen LogP contribution >= 0.6 is 0 Å². The molecule has 0 aliphatic rings. The van der Waals surface area contributed by atoms with Crippen LogP contribution in [0.5, 0.6) is 11.5 Å². The van der Waals surface area contributed by atoms with Gasteiger partial charge in [0.15, 0.2) is 11.5 Å². The van der Waals surface area contributed by atoms with E-state index in [1.54, 1.807) is 24.3 Å². The number of carbonyl (C=O) groups excluding carboxylic acids is 2. The summed E-state index contributed by atoms with van der Waals surface area (Å²) >= 11 is 0. The van der Waals surface area contributed by atoms with Crippen molar-refractivity contribution < 1.29 is 23.5 Å². The normalized spacial score (nSPS) is 10.4.